The largest absolute Gasteiger partial charge is 0.311 e. The molecular formula is C27H22ClN. The van der Waals surface area contributed by atoms with Crippen molar-refractivity contribution >= 4 is 40.8 Å². The van der Waals surface area contributed by atoms with E-state index in [9.17, 15) is 0 Å². The number of anilines is 3. The SMILES string of the molecule is Cc1ccc(N(c2ccccc2)c2ccc(/C=C/c3ccc(Cl)cc3)cc2)cc1. The highest BCUT2D eigenvalue weighted by Gasteiger charge is 2.11. The number of nitrogens with zero attached hydrogens (tertiary/aromatic N) is 1. The Labute approximate surface area is 177 Å². The molecule has 142 valence electrons. The van der Waals surface area contributed by atoms with Crippen LogP contribution in [0.2, 0.25) is 5.02 Å². The predicted octanol–water partition coefficient (Wildman–Crippen LogP) is 8.29. The third kappa shape index (κ3) is 4.77. The molecule has 0 heterocycles. The van der Waals surface area contributed by atoms with Crippen LogP contribution in [0.25, 0.3) is 12.2 Å². The summed E-state index contributed by atoms with van der Waals surface area (Å²) in [7, 11) is 0. The van der Waals surface area contributed by atoms with E-state index in [1.165, 1.54) is 5.56 Å². The second-order valence-electron chi connectivity index (χ2n) is 6.98. The molecule has 0 aliphatic carbocycles. The van der Waals surface area contributed by atoms with Crippen LogP contribution in [-0.2, 0) is 0 Å². The summed E-state index contributed by atoms with van der Waals surface area (Å²) in [6.45, 7) is 2.11. The minimum atomic E-state index is 0.753. The zero-order chi connectivity index (χ0) is 20.1. The molecule has 4 rings (SSSR count). The van der Waals surface area contributed by atoms with Crippen LogP contribution in [0.3, 0.4) is 0 Å². The lowest BCUT2D eigenvalue weighted by atomic mass is 10.1. The Hall–Kier alpha value is -3.29. The summed E-state index contributed by atoms with van der Waals surface area (Å²) in [5.74, 6) is 0. The van der Waals surface area contributed by atoms with Crippen LogP contribution < -0.4 is 4.90 Å². The van der Waals surface area contributed by atoms with Gasteiger partial charge < -0.3 is 4.90 Å². The topological polar surface area (TPSA) is 3.24 Å². The van der Waals surface area contributed by atoms with E-state index in [1.807, 2.05) is 30.3 Å². The summed E-state index contributed by atoms with van der Waals surface area (Å²) in [4.78, 5) is 2.27. The summed E-state index contributed by atoms with van der Waals surface area (Å²) >= 11 is 5.96. The van der Waals surface area contributed by atoms with Crippen LogP contribution in [-0.4, -0.2) is 0 Å². The summed E-state index contributed by atoms with van der Waals surface area (Å²) in [6.07, 6.45) is 4.21. The van der Waals surface area contributed by atoms with Gasteiger partial charge in [-0.15, -0.1) is 0 Å². The highest BCUT2D eigenvalue weighted by molar-refractivity contribution is 6.30. The first-order chi connectivity index (χ1) is 14.2. The second kappa shape index (κ2) is 8.81. The maximum Gasteiger partial charge on any atom is 0.0462 e. The first kappa shape index (κ1) is 19.0. The first-order valence-corrected chi connectivity index (χ1v) is 10.0. The third-order valence-electron chi connectivity index (χ3n) is 4.80. The molecule has 0 fully saturated rings. The molecule has 0 aliphatic rings. The van der Waals surface area contributed by atoms with Gasteiger partial charge in [0.15, 0.2) is 0 Å². The van der Waals surface area contributed by atoms with Crippen LogP contribution in [0.1, 0.15) is 16.7 Å². The van der Waals surface area contributed by atoms with Crippen LogP contribution in [0.4, 0.5) is 17.1 Å². The van der Waals surface area contributed by atoms with Crippen molar-refractivity contribution in [2.75, 3.05) is 4.90 Å². The molecule has 1 nitrogen and oxygen atoms in total. The molecule has 0 aliphatic heterocycles. The lowest BCUT2D eigenvalue weighted by molar-refractivity contribution is 1.27. The van der Waals surface area contributed by atoms with Gasteiger partial charge >= 0.3 is 0 Å². The quantitative estimate of drug-likeness (QED) is 0.307. The van der Waals surface area contributed by atoms with Gasteiger partial charge in [0, 0.05) is 22.1 Å². The smallest absolute Gasteiger partial charge is 0.0462 e. The molecule has 4 aromatic carbocycles. The van der Waals surface area contributed by atoms with Crippen LogP contribution in [0, 0.1) is 6.92 Å². The van der Waals surface area contributed by atoms with Crippen molar-refractivity contribution < 1.29 is 0 Å². The molecule has 0 N–H and O–H groups in total. The van der Waals surface area contributed by atoms with Gasteiger partial charge in [0.1, 0.15) is 0 Å². The first-order valence-electron chi connectivity index (χ1n) is 9.65. The van der Waals surface area contributed by atoms with E-state index in [1.54, 1.807) is 0 Å². The standard InChI is InChI=1S/C27H22ClN/c1-21-7-17-26(18-8-21)29(25-5-3-2-4-6-25)27-19-13-23(14-20-27)10-9-22-11-15-24(28)16-12-22/h2-20H,1H3/b10-9+. The lowest BCUT2D eigenvalue weighted by Gasteiger charge is -2.25. The van der Waals surface area contributed by atoms with Gasteiger partial charge in [-0.2, -0.15) is 0 Å². The van der Waals surface area contributed by atoms with Gasteiger partial charge in [-0.05, 0) is 66.6 Å². The van der Waals surface area contributed by atoms with Gasteiger partial charge in [-0.25, -0.2) is 0 Å². The number of para-hydroxylation sites is 1. The maximum absolute atomic E-state index is 5.96. The molecule has 0 radical (unpaired) electrons. The van der Waals surface area contributed by atoms with Crippen molar-refractivity contribution in [3.63, 3.8) is 0 Å². The van der Waals surface area contributed by atoms with E-state index in [0.29, 0.717) is 0 Å². The van der Waals surface area contributed by atoms with Crippen molar-refractivity contribution in [1.82, 2.24) is 0 Å². The predicted molar refractivity (Wildman–Crippen MR) is 126 cm³/mol. The molecule has 0 spiro atoms. The molecule has 0 aromatic heterocycles. The number of benzene rings is 4. The summed E-state index contributed by atoms with van der Waals surface area (Å²) in [5, 5.41) is 0.753. The fourth-order valence-electron chi connectivity index (χ4n) is 3.22. The van der Waals surface area contributed by atoms with Gasteiger partial charge in [0.05, 0.1) is 0 Å². The maximum atomic E-state index is 5.96. The Kier molecular flexibility index (Phi) is 5.79. The Morgan fingerprint density at radius 2 is 1.00 bits per heavy atom. The molecule has 0 atom stereocenters. The Balaban J connectivity index is 1.63. The zero-order valence-corrected chi connectivity index (χ0v) is 17.1. The third-order valence-corrected chi connectivity index (χ3v) is 5.05. The fourth-order valence-corrected chi connectivity index (χ4v) is 3.34. The molecule has 0 saturated heterocycles. The Morgan fingerprint density at radius 1 is 0.552 bits per heavy atom. The second-order valence-corrected chi connectivity index (χ2v) is 7.42. The summed E-state index contributed by atoms with van der Waals surface area (Å²) in [5.41, 5.74) is 6.95. The number of aryl methyl sites for hydroxylation is 1. The van der Waals surface area contributed by atoms with Gasteiger partial charge in [0.25, 0.3) is 0 Å². The van der Waals surface area contributed by atoms with Gasteiger partial charge in [-0.1, -0.05) is 83.9 Å². The fraction of sp³-hybridized carbons (Fsp3) is 0.0370. The van der Waals surface area contributed by atoms with E-state index >= 15 is 0 Å². The number of hydrogen-bond acceptors (Lipinski definition) is 1. The van der Waals surface area contributed by atoms with Crippen molar-refractivity contribution in [1.29, 1.82) is 0 Å². The number of rotatable bonds is 5. The zero-order valence-electron chi connectivity index (χ0n) is 16.3. The Bertz CT molecular complexity index is 1080. The normalized spacial score (nSPS) is 11.0. The summed E-state index contributed by atoms with van der Waals surface area (Å²) < 4.78 is 0. The highest BCUT2D eigenvalue weighted by atomic mass is 35.5. The van der Waals surface area contributed by atoms with Crippen LogP contribution in [0.15, 0.2) is 103 Å². The van der Waals surface area contributed by atoms with E-state index in [0.717, 1.165) is 33.2 Å². The molecule has 0 bridgehead atoms. The monoisotopic (exact) mass is 395 g/mol. The molecular weight excluding hydrogens is 374 g/mol. The van der Waals surface area contributed by atoms with Crippen molar-refractivity contribution in [3.8, 4) is 0 Å². The molecule has 0 unspecified atom stereocenters. The van der Waals surface area contributed by atoms with Crippen LogP contribution in [0.5, 0.6) is 0 Å². The van der Waals surface area contributed by atoms with E-state index in [4.69, 9.17) is 11.6 Å². The van der Waals surface area contributed by atoms with Crippen molar-refractivity contribution in [2.45, 2.75) is 6.92 Å². The number of hydrogen-bond donors (Lipinski definition) is 0. The minimum Gasteiger partial charge on any atom is -0.311 e. The average Bonchev–Trinajstić information content (AvgIpc) is 2.77. The Morgan fingerprint density at radius 3 is 1.55 bits per heavy atom. The molecule has 0 saturated carbocycles. The van der Waals surface area contributed by atoms with E-state index < -0.39 is 0 Å². The number of halogens is 1. The van der Waals surface area contributed by atoms with E-state index in [-0.39, 0.29) is 0 Å². The van der Waals surface area contributed by atoms with E-state index in [2.05, 4.69) is 96.8 Å². The summed E-state index contributed by atoms with van der Waals surface area (Å²) in [6, 6.07) is 35.5. The van der Waals surface area contributed by atoms with Crippen molar-refractivity contribution in [2.24, 2.45) is 0 Å². The molecule has 0 amide bonds. The van der Waals surface area contributed by atoms with Crippen molar-refractivity contribution in [3.05, 3.63) is 125 Å². The highest BCUT2D eigenvalue weighted by Crippen LogP contribution is 2.34. The lowest BCUT2D eigenvalue weighted by Crippen LogP contribution is -2.09. The molecule has 29 heavy (non-hydrogen) atoms. The minimum absolute atomic E-state index is 0.753. The molecule has 2 heteroatoms. The average molecular weight is 396 g/mol. The van der Waals surface area contributed by atoms with Gasteiger partial charge in [-0.3, -0.25) is 0 Å². The molecule has 4 aromatic rings. The van der Waals surface area contributed by atoms with Crippen LogP contribution >= 0.6 is 11.6 Å². The van der Waals surface area contributed by atoms with Gasteiger partial charge in [0.2, 0.25) is 0 Å².